The third kappa shape index (κ3) is 2.81. The van der Waals surface area contributed by atoms with Gasteiger partial charge in [0.15, 0.2) is 5.78 Å². The fourth-order valence-electron chi connectivity index (χ4n) is 10.4. The standard InChI is InChI=1S/C30H46O4/c1-25(2)21-8-11-30(7)23(28(21,5)10-9-22(25)32)20(31)16-18-19-17-27(4,24(33)34)13-12-26(19,3)14-15-29(18,30)6/h16,19,21-23,32H,8-15,17H2,1-7H3,(H,33,34)/t19-,21-,22+,23+,26+,27-,28-,29-,30-/m1/s1. The van der Waals surface area contributed by atoms with E-state index in [0.29, 0.717) is 12.3 Å². The normalized spacial score (nSPS) is 54.1. The van der Waals surface area contributed by atoms with E-state index in [2.05, 4.69) is 41.5 Å². The number of carbonyl (C=O) groups excluding carboxylic acids is 1. The molecule has 0 amide bonds. The van der Waals surface area contributed by atoms with Crippen molar-refractivity contribution in [3.63, 3.8) is 0 Å². The van der Waals surface area contributed by atoms with Crippen molar-refractivity contribution in [3.05, 3.63) is 11.6 Å². The van der Waals surface area contributed by atoms with Crippen molar-refractivity contribution in [2.75, 3.05) is 0 Å². The fourth-order valence-corrected chi connectivity index (χ4v) is 10.4. The predicted molar refractivity (Wildman–Crippen MR) is 133 cm³/mol. The molecule has 4 saturated carbocycles. The van der Waals surface area contributed by atoms with Crippen LogP contribution in [0, 0.1) is 50.2 Å². The lowest BCUT2D eigenvalue weighted by molar-refractivity contribution is -0.202. The van der Waals surface area contributed by atoms with E-state index in [0.717, 1.165) is 51.4 Å². The quantitative estimate of drug-likeness (QED) is 0.464. The number of ketones is 1. The highest BCUT2D eigenvalue weighted by Gasteiger charge is 2.70. The van der Waals surface area contributed by atoms with Crippen LogP contribution in [0.25, 0.3) is 0 Å². The van der Waals surface area contributed by atoms with E-state index in [4.69, 9.17) is 0 Å². The van der Waals surface area contributed by atoms with Gasteiger partial charge >= 0.3 is 5.97 Å². The van der Waals surface area contributed by atoms with E-state index >= 15 is 0 Å². The molecule has 0 aromatic carbocycles. The number of fused-ring (bicyclic) bond motifs is 7. The number of hydrogen-bond acceptors (Lipinski definition) is 3. The minimum absolute atomic E-state index is 0.0296. The van der Waals surface area contributed by atoms with Gasteiger partial charge in [0.1, 0.15) is 0 Å². The number of aliphatic hydroxyl groups excluding tert-OH is 1. The first-order chi connectivity index (χ1) is 15.6. The summed E-state index contributed by atoms with van der Waals surface area (Å²) >= 11 is 0. The number of aliphatic carboxylic acids is 1. The molecule has 0 heterocycles. The van der Waals surface area contributed by atoms with Gasteiger partial charge in [0.25, 0.3) is 0 Å². The van der Waals surface area contributed by atoms with E-state index in [1.807, 2.05) is 13.0 Å². The van der Waals surface area contributed by atoms with Gasteiger partial charge in [-0.15, -0.1) is 0 Å². The molecule has 0 unspecified atom stereocenters. The maximum Gasteiger partial charge on any atom is 0.309 e. The second-order valence-corrected chi connectivity index (χ2v) is 14.9. The van der Waals surface area contributed by atoms with Gasteiger partial charge in [0.05, 0.1) is 11.5 Å². The second kappa shape index (κ2) is 6.99. The fraction of sp³-hybridized carbons (Fsp3) is 0.867. The van der Waals surface area contributed by atoms with Crippen LogP contribution in [0.3, 0.4) is 0 Å². The van der Waals surface area contributed by atoms with Gasteiger partial charge in [-0.3, -0.25) is 9.59 Å². The summed E-state index contributed by atoms with van der Waals surface area (Å²) in [7, 11) is 0. The number of carboxylic acids is 1. The number of rotatable bonds is 1. The summed E-state index contributed by atoms with van der Waals surface area (Å²) in [5, 5.41) is 20.9. The summed E-state index contributed by atoms with van der Waals surface area (Å²) < 4.78 is 0. The lowest BCUT2D eigenvalue weighted by Crippen LogP contribution is -2.66. The Hall–Kier alpha value is -1.16. The monoisotopic (exact) mass is 470 g/mol. The summed E-state index contributed by atoms with van der Waals surface area (Å²) in [5.41, 5.74) is 0.142. The van der Waals surface area contributed by atoms with Crippen LogP contribution in [0.4, 0.5) is 0 Å². The zero-order valence-electron chi connectivity index (χ0n) is 22.5. The van der Waals surface area contributed by atoms with Crippen molar-refractivity contribution in [2.45, 2.75) is 112 Å². The van der Waals surface area contributed by atoms with E-state index in [1.165, 1.54) is 5.57 Å². The van der Waals surface area contributed by atoms with Crippen LogP contribution in [0.5, 0.6) is 0 Å². The Morgan fingerprint density at radius 2 is 1.56 bits per heavy atom. The second-order valence-electron chi connectivity index (χ2n) is 14.9. The van der Waals surface area contributed by atoms with Crippen molar-refractivity contribution in [1.29, 1.82) is 0 Å². The van der Waals surface area contributed by atoms with E-state index < -0.39 is 11.4 Å². The highest BCUT2D eigenvalue weighted by molar-refractivity contribution is 5.95. The molecule has 4 fully saturated rings. The smallest absolute Gasteiger partial charge is 0.309 e. The van der Waals surface area contributed by atoms with Crippen LogP contribution < -0.4 is 0 Å². The molecule has 0 spiro atoms. The van der Waals surface area contributed by atoms with Crippen LogP contribution in [-0.4, -0.2) is 28.1 Å². The van der Waals surface area contributed by atoms with Crippen molar-refractivity contribution in [2.24, 2.45) is 50.2 Å². The van der Waals surface area contributed by atoms with Crippen molar-refractivity contribution >= 4 is 11.8 Å². The summed E-state index contributed by atoms with van der Waals surface area (Å²) in [6.45, 7) is 15.8. The maximum atomic E-state index is 14.2. The first-order valence-electron chi connectivity index (χ1n) is 13.7. The first-order valence-corrected chi connectivity index (χ1v) is 13.7. The molecule has 9 atom stereocenters. The largest absolute Gasteiger partial charge is 0.481 e. The van der Waals surface area contributed by atoms with Gasteiger partial charge in [0.2, 0.25) is 0 Å². The van der Waals surface area contributed by atoms with Crippen LogP contribution in [0.2, 0.25) is 0 Å². The number of aliphatic hydroxyl groups is 1. The molecular weight excluding hydrogens is 424 g/mol. The van der Waals surface area contributed by atoms with E-state index in [1.54, 1.807) is 0 Å². The van der Waals surface area contributed by atoms with Gasteiger partial charge in [-0.1, -0.05) is 47.1 Å². The Balaban J connectivity index is 1.62. The van der Waals surface area contributed by atoms with Crippen LogP contribution in [0.15, 0.2) is 11.6 Å². The Morgan fingerprint density at radius 1 is 0.912 bits per heavy atom. The van der Waals surface area contributed by atoms with Gasteiger partial charge in [-0.2, -0.15) is 0 Å². The molecule has 0 bridgehead atoms. The molecule has 5 rings (SSSR count). The molecule has 34 heavy (non-hydrogen) atoms. The molecule has 4 heteroatoms. The Bertz CT molecular complexity index is 965. The van der Waals surface area contributed by atoms with Gasteiger partial charge in [-0.25, -0.2) is 0 Å². The number of hydrogen-bond donors (Lipinski definition) is 2. The minimum atomic E-state index is -0.711. The molecule has 0 saturated heterocycles. The molecule has 4 nitrogen and oxygen atoms in total. The van der Waals surface area contributed by atoms with Crippen molar-refractivity contribution in [3.8, 4) is 0 Å². The van der Waals surface area contributed by atoms with Crippen LogP contribution >= 0.6 is 0 Å². The first kappa shape index (κ1) is 24.5. The zero-order chi connectivity index (χ0) is 25.1. The van der Waals surface area contributed by atoms with E-state index in [9.17, 15) is 19.8 Å². The third-order valence-corrected chi connectivity index (χ3v) is 13.1. The average Bonchev–Trinajstić information content (AvgIpc) is 2.73. The summed E-state index contributed by atoms with van der Waals surface area (Å²) in [6.07, 6.45) is 9.95. The molecular formula is C30H46O4. The molecule has 2 N–H and O–H groups in total. The highest BCUT2D eigenvalue weighted by atomic mass is 16.4. The predicted octanol–water partition coefficient (Wildman–Crippen LogP) is 6.41. The summed E-state index contributed by atoms with van der Waals surface area (Å²) in [5.74, 6) is 0.0603. The lowest BCUT2D eigenvalue weighted by atomic mass is 9.33. The van der Waals surface area contributed by atoms with E-state index in [-0.39, 0.29) is 50.8 Å². The summed E-state index contributed by atoms with van der Waals surface area (Å²) in [6, 6.07) is 0. The number of carbonyl (C=O) groups is 2. The zero-order valence-corrected chi connectivity index (χ0v) is 22.5. The van der Waals surface area contributed by atoms with Gasteiger partial charge in [-0.05, 0) is 110 Å². The average molecular weight is 471 g/mol. The van der Waals surface area contributed by atoms with Crippen molar-refractivity contribution < 1.29 is 19.8 Å². The van der Waals surface area contributed by atoms with Crippen LogP contribution in [-0.2, 0) is 9.59 Å². The molecule has 0 aliphatic heterocycles. The SMILES string of the molecule is CC1(C)[C@H]2CC[C@]3(C)[C@@H](C(=O)C=C4[C@H]5C[C@](C)(C(=O)O)CC[C@@]5(C)CC[C@]43C)[C@]2(C)CC[C@@H]1O. The van der Waals surface area contributed by atoms with Crippen LogP contribution in [0.1, 0.15) is 106 Å². The van der Waals surface area contributed by atoms with Gasteiger partial charge < -0.3 is 10.2 Å². The molecule has 0 aromatic heterocycles. The lowest BCUT2D eigenvalue weighted by Gasteiger charge is -2.70. The van der Waals surface area contributed by atoms with Gasteiger partial charge in [0, 0.05) is 5.92 Å². The molecule has 190 valence electrons. The topological polar surface area (TPSA) is 74.6 Å². The highest BCUT2D eigenvalue weighted by Crippen LogP contribution is 2.75. The number of allylic oxidation sites excluding steroid dienone is 2. The maximum absolute atomic E-state index is 14.2. The molecule has 0 radical (unpaired) electrons. The number of carboxylic acid groups (broad SMARTS) is 1. The Morgan fingerprint density at radius 3 is 2.21 bits per heavy atom. The Labute approximate surface area is 206 Å². The van der Waals surface area contributed by atoms with Crippen molar-refractivity contribution in [1.82, 2.24) is 0 Å². The molecule has 5 aliphatic carbocycles. The third-order valence-electron chi connectivity index (χ3n) is 13.1. The Kier molecular flexibility index (Phi) is 5.04. The summed E-state index contributed by atoms with van der Waals surface area (Å²) in [4.78, 5) is 26.4. The molecule has 5 aliphatic rings. The minimum Gasteiger partial charge on any atom is -0.481 e. The molecule has 0 aromatic rings.